The average molecular weight is 335 g/mol. The van der Waals surface area contributed by atoms with Crippen LogP contribution in [0.15, 0.2) is 36.4 Å². The van der Waals surface area contributed by atoms with E-state index in [4.69, 9.17) is 16.9 Å². The first-order valence-corrected chi connectivity index (χ1v) is 8.06. The van der Waals surface area contributed by atoms with Crippen molar-refractivity contribution in [2.75, 3.05) is 12.4 Å². The first kappa shape index (κ1) is 16.5. The molecule has 0 aliphatic rings. The fraction of sp³-hybridized carbons (Fsp3) is 0.250. The third-order valence-corrected chi connectivity index (χ3v) is 4.70. The van der Waals surface area contributed by atoms with Crippen LogP contribution in [0, 0.1) is 11.3 Å². The molecule has 0 bridgehead atoms. The highest BCUT2D eigenvalue weighted by Gasteiger charge is 2.22. The number of nitriles is 1. The molecule has 22 heavy (non-hydrogen) atoms. The standard InChI is InChI=1S/C16H16ClN3OS/c1-11(20(2)10-14-6-7-15(17)22-14)16(21)19-13-5-3-4-12(8-13)9-18/h3-8,11H,10H2,1-2H3,(H,19,21)/p+1/t11-/m0/s1. The number of rotatable bonds is 5. The third kappa shape index (κ3) is 4.31. The Balaban J connectivity index is 1.97. The van der Waals surface area contributed by atoms with Crippen LogP contribution in [0.5, 0.6) is 0 Å². The molecule has 0 radical (unpaired) electrons. The van der Waals surface area contributed by atoms with E-state index < -0.39 is 0 Å². The number of nitrogens with zero attached hydrogens (tertiary/aromatic N) is 1. The maximum Gasteiger partial charge on any atom is 0.282 e. The normalized spacial score (nSPS) is 13.2. The van der Waals surface area contributed by atoms with Crippen molar-refractivity contribution < 1.29 is 9.69 Å². The minimum Gasteiger partial charge on any atom is -0.323 e. The number of quaternary nitrogens is 1. The minimum atomic E-state index is -0.216. The summed E-state index contributed by atoms with van der Waals surface area (Å²) in [6.45, 7) is 2.62. The zero-order valence-corrected chi connectivity index (χ0v) is 14.0. The SMILES string of the molecule is C[C@@H](C(=O)Nc1cccc(C#N)c1)[NH+](C)Cc1ccc(Cl)s1. The van der Waals surface area contributed by atoms with E-state index in [2.05, 4.69) is 11.4 Å². The van der Waals surface area contributed by atoms with Gasteiger partial charge in [0, 0.05) is 5.69 Å². The van der Waals surface area contributed by atoms with Gasteiger partial charge in [-0.2, -0.15) is 5.26 Å². The molecule has 0 saturated heterocycles. The lowest BCUT2D eigenvalue weighted by Gasteiger charge is -2.20. The zero-order valence-electron chi connectivity index (χ0n) is 12.4. The third-order valence-electron chi connectivity index (χ3n) is 3.47. The number of carbonyl (C=O) groups is 1. The predicted octanol–water partition coefficient (Wildman–Crippen LogP) is 2.32. The summed E-state index contributed by atoms with van der Waals surface area (Å²) in [6.07, 6.45) is 0. The van der Waals surface area contributed by atoms with E-state index in [1.807, 2.05) is 26.1 Å². The van der Waals surface area contributed by atoms with Crippen LogP contribution < -0.4 is 10.2 Å². The lowest BCUT2D eigenvalue weighted by Crippen LogP contribution is -3.12. The number of anilines is 1. The number of hydrogen-bond donors (Lipinski definition) is 2. The second-order valence-electron chi connectivity index (χ2n) is 5.13. The number of amides is 1. The van der Waals surface area contributed by atoms with E-state index >= 15 is 0 Å². The average Bonchev–Trinajstić information content (AvgIpc) is 2.91. The number of nitrogens with one attached hydrogen (secondary N) is 2. The Kier molecular flexibility index (Phi) is 5.56. The number of thiophene rings is 1. The van der Waals surface area contributed by atoms with E-state index in [-0.39, 0.29) is 11.9 Å². The van der Waals surface area contributed by atoms with Gasteiger partial charge >= 0.3 is 0 Å². The molecule has 0 aliphatic carbocycles. The van der Waals surface area contributed by atoms with Crippen molar-refractivity contribution in [2.24, 2.45) is 0 Å². The number of hydrogen-bond acceptors (Lipinski definition) is 3. The molecule has 0 spiro atoms. The maximum absolute atomic E-state index is 12.3. The topological polar surface area (TPSA) is 57.3 Å². The van der Waals surface area contributed by atoms with Crippen molar-refractivity contribution in [3.05, 3.63) is 51.2 Å². The predicted molar refractivity (Wildman–Crippen MR) is 89.2 cm³/mol. The summed E-state index contributed by atoms with van der Waals surface area (Å²) in [7, 11) is 1.98. The molecule has 2 atom stereocenters. The lowest BCUT2D eigenvalue weighted by atomic mass is 10.2. The molecule has 2 rings (SSSR count). The highest BCUT2D eigenvalue weighted by atomic mass is 35.5. The molecule has 4 nitrogen and oxygen atoms in total. The molecular formula is C16H17ClN3OS+. The Labute approximate surface area is 138 Å². The van der Waals surface area contributed by atoms with Crippen molar-refractivity contribution in [1.82, 2.24) is 0 Å². The monoisotopic (exact) mass is 334 g/mol. The fourth-order valence-corrected chi connectivity index (χ4v) is 3.20. The molecule has 114 valence electrons. The summed E-state index contributed by atoms with van der Waals surface area (Å²) >= 11 is 7.46. The summed E-state index contributed by atoms with van der Waals surface area (Å²) in [4.78, 5) is 14.5. The van der Waals surface area contributed by atoms with Gasteiger partial charge in [0.25, 0.3) is 5.91 Å². The van der Waals surface area contributed by atoms with Crippen LogP contribution in [0.1, 0.15) is 17.4 Å². The summed E-state index contributed by atoms with van der Waals surface area (Å²) in [5.41, 5.74) is 1.17. The molecule has 2 N–H and O–H groups in total. The van der Waals surface area contributed by atoms with Crippen LogP contribution in [0.25, 0.3) is 0 Å². The lowest BCUT2D eigenvalue weighted by molar-refractivity contribution is -0.907. The van der Waals surface area contributed by atoms with Crippen molar-refractivity contribution in [1.29, 1.82) is 5.26 Å². The van der Waals surface area contributed by atoms with Crippen molar-refractivity contribution in [2.45, 2.75) is 19.5 Å². The first-order chi connectivity index (χ1) is 10.5. The first-order valence-electron chi connectivity index (χ1n) is 6.87. The van der Waals surface area contributed by atoms with Gasteiger partial charge in [0.1, 0.15) is 6.54 Å². The van der Waals surface area contributed by atoms with Crippen molar-refractivity contribution in [3.63, 3.8) is 0 Å². The quantitative estimate of drug-likeness (QED) is 0.881. The number of benzene rings is 1. The van der Waals surface area contributed by atoms with Gasteiger partial charge in [-0.1, -0.05) is 17.7 Å². The van der Waals surface area contributed by atoms with E-state index in [0.29, 0.717) is 11.3 Å². The second-order valence-corrected chi connectivity index (χ2v) is 6.93. The number of halogens is 1. The minimum absolute atomic E-state index is 0.0738. The smallest absolute Gasteiger partial charge is 0.282 e. The van der Waals surface area contributed by atoms with Crippen LogP contribution in [0.3, 0.4) is 0 Å². The molecule has 0 aliphatic heterocycles. The largest absolute Gasteiger partial charge is 0.323 e. The highest BCUT2D eigenvalue weighted by Crippen LogP contribution is 2.20. The van der Waals surface area contributed by atoms with E-state index in [0.717, 1.165) is 20.7 Å². The summed E-state index contributed by atoms with van der Waals surface area (Å²) < 4.78 is 0.758. The summed E-state index contributed by atoms with van der Waals surface area (Å²) in [5.74, 6) is -0.0738. The highest BCUT2D eigenvalue weighted by molar-refractivity contribution is 7.16. The Hall–Kier alpha value is -1.87. The van der Waals surface area contributed by atoms with Gasteiger partial charge in [0.2, 0.25) is 0 Å². The van der Waals surface area contributed by atoms with Gasteiger partial charge in [0.15, 0.2) is 6.04 Å². The van der Waals surface area contributed by atoms with Gasteiger partial charge in [-0.3, -0.25) is 4.79 Å². The number of likely N-dealkylation sites (N-methyl/N-ethyl adjacent to an activating group) is 1. The van der Waals surface area contributed by atoms with E-state index in [1.165, 1.54) is 11.3 Å². The molecular weight excluding hydrogens is 318 g/mol. The maximum atomic E-state index is 12.3. The molecule has 0 saturated carbocycles. The van der Waals surface area contributed by atoms with Crippen LogP contribution in [0.2, 0.25) is 4.34 Å². The Morgan fingerprint density at radius 3 is 2.86 bits per heavy atom. The fourth-order valence-electron chi connectivity index (χ4n) is 2.02. The van der Waals surface area contributed by atoms with Crippen molar-refractivity contribution in [3.8, 4) is 6.07 Å². The second kappa shape index (κ2) is 7.41. The van der Waals surface area contributed by atoms with Crippen LogP contribution in [-0.4, -0.2) is 19.0 Å². The molecule has 6 heteroatoms. The van der Waals surface area contributed by atoms with Crippen molar-refractivity contribution >= 4 is 34.5 Å². The van der Waals surface area contributed by atoms with E-state index in [1.54, 1.807) is 24.3 Å². The Morgan fingerprint density at radius 1 is 1.45 bits per heavy atom. The number of carbonyl (C=O) groups excluding carboxylic acids is 1. The van der Waals surface area contributed by atoms with Gasteiger partial charge in [0.05, 0.1) is 27.9 Å². The summed E-state index contributed by atoms with van der Waals surface area (Å²) in [6, 6.07) is 12.6. The molecule has 1 aromatic heterocycles. The Bertz CT molecular complexity index is 707. The Morgan fingerprint density at radius 2 is 2.23 bits per heavy atom. The molecule has 2 aromatic rings. The van der Waals surface area contributed by atoms with Gasteiger partial charge in [-0.15, -0.1) is 11.3 Å². The van der Waals surface area contributed by atoms with Crippen LogP contribution in [-0.2, 0) is 11.3 Å². The molecule has 1 amide bonds. The van der Waals surface area contributed by atoms with Crippen LogP contribution >= 0.6 is 22.9 Å². The van der Waals surface area contributed by atoms with Gasteiger partial charge in [-0.05, 0) is 37.3 Å². The molecule has 1 unspecified atom stereocenters. The molecule has 1 heterocycles. The van der Waals surface area contributed by atoms with Gasteiger partial charge in [-0.25, -0.2) is 0 Å². The molecule has 0 fully saturated rings. The van der Waals surface area contributed by atoms with Gasteiger partial charge < -0.3 is 10.2 Å². The van der Waals surface area contributed by atoms with Crippen LogP contribution in [0.4, 0.5) is 5.69 Å². The summed E-state index contributed by atoms with van der Waals surface area (Å²) in [5, 5.41) is 11.7. The molecule has 1 aromatic carbocycles. The zero-order chi connectivity index (χ0) is 16.1. The van der Waals surface area contributed by atoms with E-state index in [9.17, 15) is 4.79 Å².